The van der Waals surface area contributed by atoms with Gasteiger partial charge in [-0.2, -0.15) is 0 Å². The summed E-state index contributed by atoms with van der Waals surface area (Å²) in [6.45, 7) is 0. The predicted octanol–water partition coefficient (Wildman–Crippen LogP) is 4.37. The number of rotatable bonds is 0. The van der Waals surface area contributed by atoms with Crippen LogP contribution in [0.2, 0.25) is 0 Å². The Morgan fingerprint density at radius 1 is 0.786 bits per heavy atom. The number of hydrogen-bond donors (Lipinski definition) is 0. The molecule has 0 aromatic heterocycles. The molecule has 0 saturated carbocycles. The van der Waals surface area contributed by atoms with E-state index in [4.69, 9.17) is 0 Å². The van der Waals surface area contributed by atoms with Gasteiger partial charge in [-0.15, -0.1) is 0 Å². The summed E-state index contributed by atoms with van der Waals surface area (Å²) >= 11 is 0. The summed E-state index contributed by atoms with van der Waals surface area (Å²) in [5.41, 5.74) is 0. The molecule has 0 heteroatoms. The summed E-state index contributed by atoms with van der Waals surface area (Å²) in [4.78, 5) is 0. The Balaban J connectivity index is 2.35. The van der Waals surface area contributed by atoms with Gasteiger partial charge in [-0.1, -0.05) is 49.0 Å². The summed E-state index contributed by atoms with van der Waals surface area (Å²) in [7, 11) is 0. The number of hydrogen-bond acceptors (Lipinski definition) is 0. The lowest BCUT2D eigenvalue weighted by Crippen LogP contribution is -1.75. The van der Waals surface area contributed by atoms with Crippen LogP contribution in [0.15, 0.2) is 42.5 Å². The zero-order valence-electron chi connectivity index (χ0n) is 8.78. The van der Waals surface area contributed by atoms with Crippen molar-refractivity contribution in [3.63, 3.8) is 0 Å². The van der Waals surface area contributed by atoms with Crippen LogP contribution in [0.1, 0.15) is 38.5 Å². The molecule has 0 aromatic carbocycles. The molecule has 75 valence electrons. The van der Waals surface area contributed by atoms with Crippen molar-refractivity contribution in [3.05, 3.63) is 48.6 Å². The van der Waals surface area contributed by atoms with Crippen LogP contribution >= 0.6 is 0 Å². The van der Waals surface area contributed by atoms with Gasteiger partial charge in [-0.25, -0.2) is 0 Å². The van der Waals surface area contributed by atoms with Gasteiger partial charge in [0.25, 0.3) is 0 Å². The maximum absolute atomic E-state index is 3.16. The van der Waals surface area contributed by atoms with Crippen LogP contribution in [-0.2, 0) is 0 Å². The van der Waals surface area contributed by atoms with Gasteiger partial charge in [0.15, 0.2) is 0 Å². The second kappa shape index (κ2) is 8.55. The smallest absolute Gasteiger partial charge is 0.0157 e. The molecule has 0 aromatic rings. The van der Waals surface area contributed by atoms with Crippen LogP contribution in [-0.4, -0.2) is 0 Å². The van der Waals surface area contributed by atoms with E-state index < -0.39 is 0 Å². The van der Waals surface area contributed by atoms with E-state index in [-0.39, 0.29) is 0 Å². The zero-order chi connectivity index (χ0) is 9.90. The second-order valence-electron chi connectivity index (χ2n) is 3.50. The van der Waals surface area contributed by atoms with E-state index >= 15 is 0 Å². The lowest BCUT2D eigenvalue weighted by molar-refractivity contribution is 0.696. The maximum Gasteiger partial charge on any atom is -0.0157 e. The van der Waals surface area contributed by atoms with E-state index in [0.29, 0.717) is 0 Å². The van der Waals surface area contributed by atoms with Crippen molar-refractivity contribution < 1.29 is 0 Å². The molecule has 14 heavy (non-hydrogen) atoms. The molecule has 0 bridgehead atoms. The third-order valence-corrected chi connectivity index (χ3v) is 2.21. The topological polar surface area (TPSA) is 0 Å². The minimum absolute atomic E-state index is 0.981. The highest BCUT2D eigenvalue weighted by Crippen LogP contribution is 2.04. The van der Waals surface area contributed by atoms with Gasteiger partial charge in [0.1, 0.15) is 0 Å². The first-order chi connectivity index (χ1) is 7.00. The van der Waals surface area contributed by atoms with Crippen LogP contribution in [0, 0.1) is 6.08 Å². The van der Waals surface area contributed by atoms with Gasteiger partial charge in [0.05, 0.1) is 0 Å². The second-order valence-corrected chi connectivity index (χ2v) is 3.50. The first-order valence-electron chi connectivity index (χ1n) is 5.54. The Morgan fingerprint density at radius 3 is 2.50 bits per heavy atom. The highest BCUT2D eigenvalue weighted by Gasteiger charge is 1.85. The van der Waals surface area contributed by atoms with Gasteiger partial charge in [-0.3, -0.25) is 0 Å². The summed E-state index contributed by atoms with van der Waals surface area (Å²) < 4.78 is 0. The summed E-state index contributed by atoms with van der Waals surface area (Å²) in [5.74, 6) is 0. The average Bonchev–Trinajstić information content (AvgIpc) is 2.22. The lowest BCUT2D eigenvalue weighted by Gasteiger charge is -1.94. The Labute approximate surface area is 87.7 Å². The molecule has 1 aliphatic rings. The van der Waals surface area contributed by atoms with Crippen molar-refractivity contribution in [2.24, 2.45) is 0 Å². The van der Waals surface area contributed by atoms with Gasteiger partial charge < -0.3 is 0 Å². The molecule has 0 fully saturated rings. The normalized spacial score (nSPS) is 19.4. The standard InChI is InChI=1S/C14H19/c1-2-4-6-8-10-12-14-13-11-9-7-5-3-1/h1-4,7,11,13H,5-6,8,10,12,14H2. The highest BCUT2D eigenvalue weighted by molar-refractivity contribution is 5.05. The Hall–Kier alpha value is -1.04. The Morgan fingerprint density at radius 2 is 1.57 bits per heavy atom. The third-order valence-electron chi connectivity index (χ3n) is 2.21. The minimum Gasteiger partial charge on any atom is -0.0845 e. The summed E-state index contributed by atoms with van der Waals surface area (Å²) in [6.07, 6.45) is 25.5. The van der Waals surface area contributed by atoms with Crippen molar-refractivity contribution in [1.82, 2.24) is 0 Å². The van der Waals surface area contributed by atoms with Gasteiger partial charge in [0.2, 0.25) is 0 Å². The van der Waals surface area contributed by atoms with Crippen LogP contribution in [0.4, 0.5) is 0 Å². The van der Waals surface area contributed by atoms with Gasteiger partial charge >= 0.3 is 0 Å². The summed E-state index contributed by atoms with van der Waals surface area (Å²) in [5, 5.41) is 0. The fourth-order valence-corrected chi connectivity index (χ4v) is 1.39. The van der Waals surface area contributed by atoms with Crippen molar-refractivity contribution in [2.45, 2.75) is 38.5 Å². The van der Waals surface area contributed by atoms with Crippen molar-refractivity contribution in [3.8, 4) is 0 Å². The van der Waals surface area contributed by atoms with Crippen LogP contribution < -0.4 is 0 Å². The van der Waals surface area contributed by atoms with Crippen LogP contribution in [0.5, 0.6) is 0 Å². The molecule has 0 atom stereocenters. The van der Waals surface area contributed by atoms with Crippen LogP contribution in [0.3, 0.4) is 0 Å². The lowest BCUT2D eigenvalue weighted by atomic mass is 10.1. The molecule has 0 spiro atoms. The van der Waals surface area contributed by atoms with Gasteiger partial charge in [-0.05, 0) is 38.2 Å². The molecule has 1 radical (unpaired) electrons. The average molecular weight is 187 g/mol. The molecule has 0 saturated heterocycles. The first-order valence-corrected chi connectivity index (χ1v) is 5.54. The molecular formula is C14H19. The minimum atomic E-state index is 0.981. The Bertz CT molecular complexity index is 204. The van der Waals surface area contributed by atoms with Crippen molar-refractivity contribution in [2.75, 3.05) is 0 Å². The van der Waals surface area contributed by atoms with E-state index in [1.165, 1.54) is 32.1 Å². The van der Waals surface area contributed by atoms with Gasteiger partial charge in [0, 0.05) is 0 Å². The molecule has 0 N–H and O–H groups in total. The molecule has 0 amide bonds. The zero-order valence-corrected chi connectivity index (χ0v) is 8.78. The molecule has 1 aliphatic carbocycles. The first kappa shape index (κ1) is 11.0. The molecular weight excluding hydrogens is 168 g/mol. The number of allylic oxidation sites excluding steroid dienone is 8. The fourth-order valence-electron chi connectivity index (χ4n) is 1.39. The van der Waals surface area contributed by atoms with E-state index in [9.17, 15) is 0 Å². The maximum atomic E-state index is 3.16. The van der Waals surface area contributed by atoms with Crippen LogP contribution in [0.25, 0.3) is 0 Å². The third kappa shape index (κ3) is 6.47. The predicted molar refractivity (Wildman–Crippen MR) is 62.9 cm³/mol. The molecule has 0 unspecified atom stereocenters. The monoisotopic (exact) mass is 187 g/mol. The fraction of sp³-hybridized carbons (Fsp3) is 0.429. The highest BCUT2D eigenvalue weighted by atomic mass is 13.9. The van der Waals surface area contributed by atoms with Crippen molar-refractivity contribution in [1.29, 1.82) is 0 Å². The molecule has 0 aliphatic heterocycles. The largest absolute Gasteiger partial charge is 0.0845 e. The van der Waals surface area contributed by atoms with E-state index in [1.54, 1.807) is 0 Å². The SMILES string of the molecule is [C]1=CCC=CC=CCCCCCC=C1. The quantitative estimate of drug-likeness (QED) is 0.528. The molecule has 1 rings (SSSR count). The molecule has 0 nitrogen and oxygen atoms in total. The van der Waals surface area contributed by atoms with E-state index in [0.717, 1.165) is 6.42 Å². The molecule has 0 heterocycles. The van der Waals surface area contributed by atoms with Crippen molar-refractivity contribution >= 4 is 0 Å². The van der Waals surface area contributed by atoms with E-state index in [1.807, 2.05) is 6.08 Å². The van der Waals surface area contributed by atoms with E-state index in [2.05, 4.69) is 42.5 Å². The Kier molecular flexibility index (Phi) is 6.74. The summed E-state index contributed by atoms with van der Waals surface area (Å²) in [6, 6.07) is 0.